The molecule has 0 aliphatic carbocycles. The standard InChI is InChI=1S/C17H18ClN3O4/c1-17(2,3)21-16(24)20-14(22)9-25-15(23)11-4-6-12-10(8-11)5-7-13(18)19-12/h4-8H,9H2,1-3H3,(H2,20,21,22,24). The van der Waals surface area contributed by atoms with Crippen LogP contribution in [0.4, 0.5) is 4.79 Å². The number of fused-ring (bicyclic) bond motifs is 1. The van der Waals surface area contributed by atoms with Crippen LogP contribution in [0.3, 0.4) is 0 Å². The smallest absolute Gasteiger partial charge is 0.338 e. The van der Waals surface area contributed by atoms with E-state index in [4.69, 9.17) is 16.3 Å². The minimum absolute atomic E-state index is 0.267. The van der Waals surface area contributed by atoms with Crippen LogP contribution in [0.5, 0.6) is 0 Å². The van der Waals surface area contributed by atoms with Crippen LogP contribution in [0, 0.1) is 0 Å². The number of nitrogens with zero attached hydrogens (tertiary/aromatic N) is 1. The van der Waals surface area contributed by atoms with Gasteiger partial charge in [0.15, 0.2) is 6.61 Å². The van der Waals surface area contributed by atoms with Gasteiger partial charge in [-0.25, -0.2) is 14.6 Å². The number of amides is 3. The number of carbonyl (C=O) groups excluding carboxylic acids is 3. The van der Waals surface area contributed by atoms with Gasteiger partial charge in [0, 0.05) is 10.9 Å². The largest absolute Gasteiger partial charge is 0.452 e. The van der Waals surface area contributed by atoms with Gasteiger partial charge >= 0.3 is 12.0 Å². The first-order valence-electron chi connectivity index (χ1n) is 7.49. The van der Waals surface area contributed by atoms with Gasteiger partial charge in [-0.05, 0) is 51.1 Å². The lowest BCUT2D eigenvalue weighted by Crippen LogP contribution is -2.49. The molecule has 2 aromatic rings. The Kier molecular flexibility index (Phi) is 5.58. The maximum Gasteiger partial charge on any atom is 0.338 e. The number of carbonyl (C=O) groups is 3. The van der Waals surface area contributed by atoms with Gasteiger partial charge in [0.1, 0.15) is 5.15 Å². The summed E-state index contributed by atoms with van der Waals surface area (Å²) >= 11 is 5.81. The molecule has 1 aromatic carbocycles. The fourth-order valence-electron chi connectivity index (χ4n) is 1.98. The van der Waals surface area contributed by atoms with Gasteiger partial charge in [0.2, 0.25) is 0 Å². The van der Waals surface area contributed by atoms with Gasteiger partial charge < -0.3 is 10.1 Å². The van der Waals surface area contributed by atoms with Crippen molar-refractivity contribution in [2.24, 2.45) is 0 Å². The summed E-state index contributed by atoms with van der Waals surface area (Å²) in [5, 5.41) is 5.72. The summed E-state index contributed by atoms with van der Waals surface area (Å²) in [7, 11) is 0. The molecule has 2 rings (SSSR count). The molecule has 0 spiro atoms. The molecule has 0 unspecified atom stereocenters. The van der Waals surface area contributed by atoms with E-state index in [0.717, 1.165) is 0 Å². The lowest BCUT2D eigenvalue weighted by molar-refractivity contribution is -0.123. The first-order chi connectivity index (χ1) is 11.6. The number of benzene rings is 1. The van der Waals surface area contributed by atoms with Crippen molar-refractivity contribution < 1.29 is 19.1 Å². The highest BCUT2D eigenvalue weighted by molar-refractivity contribution is 6.29. The van der Waals surface area contributed by atoms with Crippen LogP contribution in [0.2, 0.25) is 5.15 Å². The maximum absolute atomic E-state index is 12.0. The van der Waals surface area contributed by atoms with E-state index >= 15 is 0 Å². The summed E-state index contributed by atoms with van der Waals surface area (Å²) in [6.45, 7) is 4.77. The molecule has 8 heteroatoms. The second kappa shape index (κ2) is 7.48. The van der Waals surface area contributed by atoms with Gasteiger partial charge in [0.25, 0.3) is 5.91 Å². The number of nitrogens with one attached hydrogen (secondary N) is 2. The quantitative estimate of drug-likeness (QED) is 0.645. The van der Waals surface area contributed by atoms with Gasteiger partial charge in [0.05, 0.1) is 11.1 Å². The minimum atomic E-state index is -0.718. The zero-order chi connectivity index (χ0) is 18.6. The van der Waals surface area contributed by atoms with Crippen LogP contribution in [-0.4, -0.2) is 35.0 Å². The molecule has 3 amide bonds. The highest BCUT2D eigenvalue weighted by Crippen LogP contribution is 2.17. The van der Waals surface area contributed by atoms with Crippen LogP contribution in [0.15, 0.2) is 30.3 Å². The number of pyridine rings is 1. The Labute approximate surface area is 149 Å². The van der Waals surface area contributed by atoms with Gasteiger partial charge in [-0.3, -0.25) is 10.1 Å². The van der Waals surface area contributed by atoms with E-state index < -0.39 is 30.1 Å². The van der Waals surface area contributed by atoms with Crippen LogP contribution in [-0.2, 0) is 9.53 Å². The zero-order valence-corrected chi connectivity index (χ0v) is 14.8. The molecule has 0 bridgehead atoms. The molecular weight excluding hydrogens is 346 g/mol. The predicted molar refractivity (Wildman–Crippen MR) is 93.5 cm³/mol. The SMILES string of the molecule is CC(C)(C)NC(=O)NC(=O)COC(=O)c1ccc2nc(Cl)ccc2c1. The molecule has 2 N–H and O–H groups in total. The number of ether oxygens (including phenoxy) is 1. The Bertz CT molecular complexity index is 830. The van der Waals surface area contributed by atoms with E-state index in [0.29, 0.717) is 16.1 Å². The van der Waals surface area contributed by atoms with E-state index in [1.54, 1.807) is 45.0 Å². The van der Waals surface area contributed by atoms with Crippen molar-refractivity contribution in [3.63, 3.8) is 0 Å². The second-order valence-corrected chi connectivity index (χ2v) is 6.76. The number of esters is 1. The topological polar surface area (TPSA) is 97.4 Å². The minimum Gasteiger partial charge on any atom is -0.452 e. The van der Waals surface area contributed by atoms with Gasteiger partial charge in [-0.2, -0.15) is 0 Å². The van der Waals surface area contributed by atoms with Crippen molar-refractivity contribution >= 4 is 40.4 Å². The second-order valence-electron chi connectivity index (χ2n) is 6.37. The number of rotatable bonds is 3. The van der Waals surface area contributed by atoms with Crippen LogP contribution in [0.25, 0.3) is 10.9 Å². The average molecular weight is 364 g/mol. The monoisotopic (exact) mass is 363 g/mol. The average Bonchev–Trinajstić information content (AvgIpc) is 2.50. The summed E-state index contributed by atoms with van der Waals surface area (Å²) in [5.41, 5.74) is 0.424. The predicted octanol–water partition coefficient (Wildman–Crippen LogP) is 2.67. The molecule has 0 aliphatic heterocycles. The number of imide groups is 1. The van der Waals surface area contributed by atoms with Crippen molar-refractivity contribution in [3.8, 4) is 0 Å². The van der Waals surface area contributed by atoms with Crippen molar-refractivity contribution in [2.45, 2.75) is 26.3 Å². The summed E-state index contributed by atoms with van der Waals surface area (Å²) in [4.78, 5) is 39.3. The molecule has 1 aromatic heterocycles. The van der Waals surface area contributed by atoms with Gasteiger partial charge in [-0.1, -0.05) is 11.6 Å². The maximum atomic E-state index is 12.0. The highest BCUT2D eigenvalue weighted by atomic mass is 35.5. The Balaban J connectivity index is 1.92. The van der Waals surface area contributed by atoms with E-state index in [2.05, 4.69) is 15.6 Å². The Hall–Kier alpha value is -2.67. The Morgan fingerprint density at radius 2 is 1.88 bits per heavy atom. The molecule has 0 atom stereocenters. The van der Waals surface area contributed by atoms with Crippen LogP contribution < -0.4 is 10.6 Å². The number of halogens is 1. The molecule has 7 nitrogen and oxygen atoms in total. The molecule has 0 aliphatic rings. The third-order valence-corrected chi connectivity index (χ3v) is 3.18. The molecule has 132 valence electrons. The zero-order valence-electron chi connectivity index (χ0n) is 14.1. The van der Waals surface area contributed by atoms with Crippen LogP contribution >= 0.6 is 11.6 Å². The molecule has 0 radical (unpaired) electrons. The normalized spacial score (nSPS) is 11.0. The van der Waals surface area contributed by atoms with E-state index in [1.807, 2.05) is 0 Å². The summed E-state index contributed by atoms with van der Waals surface area (Å²) in [5.74, 6) is -1.40. The molecule has 0 saturated carbocycles. The van der Waals surface area contributed by atoms with E-state index in [9.17, 15) is 14.4 Å². The molecule has 1 heterocycles. The number of hydrogen-bond donors (Lipinski definition) is 2. The van der Waals surface area contributed by atoms with Crippen molar-refractivity contribution in [3.05, 3.63) is 41.0 Å². The fraction of sp³-hybridized carbons (Fsp3) is 0.294. The number of hydrogen-bond acceptors (Lipinski definition) is 5. The lowest BCUT2D eigenvalue weighted by atomic mass is 10.1. The highest BCUT2D eigenvalue weighted by Gasteiger charge is 2.17. The van der Waals surface area contributed by atoms with E-state index in [1.165, 1.54) is 6.07 Å². The van der Waals surface area contributed by atoms with Crippen molar-refractivity contribution in [1.82, 2.24) is 15.6 Å². The molecule has 0 saturated heterocycles. The number of aromatic nitrogens is 1. The molecule has 25 heavy (non-hydrogen) atoms. The Morgan fingerprint density at radius 1 is 1.16 bits per heavy atom. The van der Waals surface area contributed by atoms with Crippen molar-refractivity contribution in [1.29, 1.82) is 0 Å². The Morgan fingerprint density at radius 3 is 2.56 bits per heavy atom. The third kappa shape index (κ3) is 5.72. The molecular formula is C17H18ClN3O4. The van der Waals surface area contributed by atoms with Gasteiger partial charge in [-0.15, -0.1) is 0 Å². The number of urea groups is 1. The first kappa shape index (κ1) is 18.7. The van der Waals surface area contributed by atoms with Crippen molar-refractivity contribution in [2.75, 3.05) is 6.61 Å². The first-order valence-corrected chi connectivity index (χ1v) is 7.87. The lowest BCUT2D eigenvalue weighted by Gasteiger charge is -2.20. The summed E-state index contributed by atoms with van der Waals surface area (Å²) in [6, 6.07) is 7.44. The summed E-state index contributed by atoms with van der Waals surface area (Å²) in [6.07, 6.45) is 0. The summed E-state index contributed by atoms with van der Waals surface area (Å²) < 4.78 is 4.92. The van der Waals surface area contributed by atoms with Crippen LogP contribution in [0.1, 0.15) is 31.1 Å². The fourth-order valence-corrected chi connectivity index (χ4v) is 2.13. The third-order valence-electron chi connectivity index (χ3n) is 2.97. The van der Waals surface area contributed by atoms with E-state index in [-0.39, 0.29) is 5.56 Å². The molecule has 0 fully saturated rings.